The molecule has 0 amide bonds. The quantitative estimate of drug-likeness (QED) is 0.269. The van der Waals surface area contributed by atoms with Gasteiger partial charge in [0.05, 0.1) is 19.6 Å². The maximum atomic E-state index is 11.8. The first-order valence-corrected chi connectivity index (χ1v) is 12.5. The number of hydrogen-bond donors (Lipinski definition) is 4. The number of Topliss-reactive ketones (excluding diaryl/α,β-unsaturated/α-hetero) is 1. The van der Waals surface area contributed by atoms with Gasteiger partial charge < -0.3 is 20.6 Å². The summed E-state index contributed by atoms with van der Waals surface area (Å²) in [6, 6.07) is 7.47. The summed E-state index contributed by atoms with van der Waals surface area (Å²) in [6.45, 7) is 6.04. The molecule has 0 spiro atoms. The van der Waals surface area contributed by atoms with E-state index in [1.165, 1.54) is 0 Å². The predicted molar refractivity (Wildman–Crippen MR) is 137 cm³/mol. The molecule has 2 rings (SSSR count). The fourth-order valence-electron chi connectivity index (χ4n) is 4.16. The van der Waals surface area contributed by atoms with Crippen LogP contribution in [0.1, 0.15) is 29.3 Å². The maximum absolute atomic E-state index is 11.8. The summed E-state index contributed by atoms with van der Waals surface area (Å²) in [4.78, 5) is 53.3. The molecule has 206 valence electrons. The third kappa shape index (κ3) is 12.3. The highest BCUT2D eigenvalue weighted by Gasteiger charge is 2.20. The minimum Gasteiger partial charge on any atom is -0.480 e. The van der Waals surface area contributed by atoms with E-state index in [0.29, 0.717) is 77.6 Å². The highest BCUT2D eigenvalue weighted by atomic mass is 16.4. The number of rotatable bonds is 12. The molecule has 0 aromatic heterocycles. The molecule has 0 bridgehead atoms. The van der Waals surface area contributed by atoms with Gasteiger partial charge in [-0.3, -0.25) is 38.8 Å². The van der Waals surface area contributed by atoms with Crippen LogP contribution in [0.3, 0.4) is 0 Å². The van der Waals surface area contributed by atoms with Crippen molar-refractivity contribution in [1.82, 2.24) is 24.9 Å². The van der Waals surface area contributed by atoms with Crippen LogP contribution in [0.4, 0.5) is 0 Å². The highest BCUT2D eigenvalue weighted by molar-refractivity contribution is 5.95. The first kappa shape index (κ1) is 30.3. The van der Waals surface area contributed by atoms with Crippen LogP contribution >= 0.6 is 0 Å². The van der Waals surface area contributed by atoms with Gasteiger partial charge in [0.25, 0.3) is 0 Å². The highest BCUT2D eigenvalue weighted by Crippen LogP contribution is 2.07. The lowest BCUT2D eigenvalue weighted by atomic mass is 10.1. The van der Waals surface area contributed by atoms with Gasteiger partial charge in [-0.1, -0.05) is 31.2 Å². The summed E-state index contributed by atoms with van der Waals surface area (Å²) in [5, 5.41) is 31.3. The van der Waals surface area contributed by atoms with Crippen molar-refractivity contribution in [3.8, 4) is 0 Å². The zero-order chi connectivity index (χ0) is 27.2. The van der Waals surface area contributed by atoms with Crippen molar-refractivity contribution in [3.05, 3.63) is 35.4 Å². The lowest BCUT2D eigenvalue weighted by Crippen LogP contribution is -2.49. The van der Waals surface area contributed by atoms with Crippen molar-refractivity contribution in [2.45, 2.75) is 19.9 Å². The molecule has 0 atom stereocenters. The van der Waals surface area contributed by atoms with Crippen molar-refractivity contribution in [1.29, 1.82) is 0 Å². The molecule has 1 aromatic carbocycles. The number of hydrogen-bond acceptors (Lipinski definition) is 9. The van der Waals surface area contributed by atoms with E-state index in [1.807, 2.05) is 31.2 Å². The molecule has 1 saturated heterocycles. The van der Waals surface area contributed by atoms with Gasteiger partial charge in [0.15, 0.2) is 5.78 Å². The second-order valence-electron chi connectivity index (χ2n) is 9.19. The number of nitrogens with zero attached hydrogens (tertiary/aromatic N) is 4. The minimum atomic E-state index is -0.981. The van der Waals surface area contributed by atoms with Gasteiger partial charge in [-0.15, -0.1) is 0 Å². The molecular weight excluding hydrogens is 482 g/mol. The van der Waals surface area contributed by atoms with E-state index in [0.717, 1.165) is 5.56 Å². The SMILES string of the molecule is CCC(=O)c1ccc(CNCN2CCN(CC(=O)O)CCN(CC(=O)O)CCN(CC(=O)O)CC2)cc1. The Balaban J connectivity index is 2.04. The Morgan fingerprint density at radius 1 is 0.676 bits per heavy atom. The Labute approximate surface area is 217 Å². The Bertz CT molecular complexity index is 864. The molecule has 12 heteroatoms. The van der Waals surface area contributed by atoms with Gasteiger partial charge in [-0.25, -0.2) is 0 Å². The van der Waals surface area contributed by atoms with E-state index in [-0.39, 0.29) is 25.4 Å². The standard InChI is InChI=1S/C25H39N5O7/c1-2-22(31)21-5-3-20(4-6-21)15-26-19-30-13-11-28(17-24(34)35)9-7-27(16-23(32)33)8-10-29(12-14-30)18-25(36)37/h3-6,26H,2,7-19H2,1H3,(H,32,33)(H,34,35)(H,36,37). The Morgan fingerprint density at radius 3 is 1.41 bits per heavy atom. The van der Waals surface area contributed by atoms with Crippen molar-refractivity contribution < 1.29 is 34.5 Å². The third-order valence-corrected chi connectivity index (χ3v) is 6.27. The van der Waals surface area contributed by atoms with Crippen molar-refractivity contribution in [3.63, 3.8) is 0 Å². The van der Waals surface area contributed by atoms with Gasteiger partial charge in [-0.2, -0.15) is 0 Å². The molecule has 1 aliphatic rings. The topological polar surface area (TPSA) is 154 Å². The third-order valence-electron chi connectivity index (χ3n) is 6.27. The lowest BCUT2D eigenvalue weighted by Gasteiger charge is -2.33. The number of carbonyl (C=O) groups is 4. The molecule has 4 N–H and O–H groups in total. The molecule has 37 heavy (non-hydrogen) atoms. The molecule has 1 heterocycles. The van der Waals surface area contributed by atoms with Gasteiger partial charge in [0.1, 0.15) is 0 Å². The second kappa shape index (κ2) is 16.0. The summed E-state index contributed by atoms with van der Waals surface area (Å²) < 4.78 is 0. The Hall–Kier alpha value is -2.90. The van der Waals surface area contributed by atoms with E-state index in [4.69, 9.17) is 0 Å². The van der Waals surface area contributed by atoms with Crippen LogP contribution in [-0.2, 0) is 20.9 Å². The van der Waals surface area contributed by atoms with Crippen LogP contribution in [-0.4, -0.2) is 137 Å². The molecule has 12 nitrogen and oxygen atoms in total. The van der Waals surface area contributed by atoms with Crippen LogP contribution in [0.25, 0.3) is 0 Å². The zero-order valence-electron chi connectivity index (χ0n) is 21.5. The zero-order valence-corrected chi connectivity index (χ0v) is 21.5. The molecular formula is C25H39N5O7. The van der Waals surface area contributed by atoms with Crippen LogP contribution in [0.15, 0.2) is 24.3 Å². The van der Waals surface area contributed by atoms with Crippen LogP contribution in [0.5, 0.6) is 0 Å². The van der Waals surface area contributed by atoms with Crippen molar-refractivity contribution in [2.75, 3.05) is 78.7 Å². The average Bonchev–Trinajstić information content (AvgIpc) is 2.84. The molecule has 1 fully saturated rings. The molecule has 0 radical (unpaired) electrons. The number of aliphatic carboxylic acids is 3. The summed E-state index contributed by atoms with van der Waals surface area (Å²) in [7, 11) is 0. The number of carbonyl (C=O) groups excluding carboxylic acids is 1. The normalized spacial score (nSPS) is 17.5. The van der Waals surface area contributed by atoms with E-state index in [1.54, 1.807) is 14.7 Å². The van der Waals surface area contributed by atoms with Gasteiger partial charge in [-0.05, 0) is 5.56 Å². The summed E-state index contributed by atoms with van der Waals surface area (Å²) in [5.41, 5.74) is 1.72. The fourth-order valence-corrected chi connectivity index (χ4v) is 4.16. The minimum absolute atomic E-state index is 0.0988. The summed E-state index contributed by atoms with van der Waals surface area (Å²) in [6.07, 6.45) is 0.460. The van der Waals surface area contributed by atoms with Crippen LogP contribution in [0.2, 0.25) is 0 Å². The lowest BCUT2D eigenvalue weighted by molar-refractivity contribution is -0.140. The van der Waals surface area contributed by atoms with Crippen molar-refractivity contribution in [2.24, 2.45) is 0 Å². The van der Waals surface area contributed by atoms with Gasteiger partial charge in [0, 0.05) is 77.6 Å². The average molecular weight is 522 g/mol. The van der Waals surface area contributed by atoms with E-state index in [2.05, 4.69) is 10.2 Å². The molecule has 1 aliphatic heterocycles. The number of nitrogens with one attached hydrogen (secondary N) is 1. The molecule has 0 unspecified atom stereocenters. The van der Waals surface area contributed by atoms with Crippen LogP contribution in [0, 0.1) is 0 Å². The first-order valence-electron chi connectivity index (χ1n) is 12.5. The van der Waals surface area contributed by atoms with Crippen LogP contribution < -0.4 is 5.32 Å². The number of benzene rings is 1. The van der Waals surface area contributed by atoms with E-state index in [9.17, 15) is 34.5 Å². The van der Waals surface area contributed by atoms with Crippen molar-refractivity contribution >= 4 is 23.7 Å². The largest absolute Gasteiger partial charge is 0.480 e. The molecule has 0 aliphatic carbocycles. The smallest absolute Gasteiger partial charge is 0.317 e. The van der Waals surface area contributed by atoms with Gasteiger partial charge in [0.2, 0.25) is 0 Å². The molecule has 0 saturated carbocycles. The number of ketones is 1. The fraction of sp³-hybridized carbons (Fsp3) is 0.600. The summed E-state index contributed by atoms with van der Waals surface area (Å²) in [5.74, 6) is -2.77. The maximum Gasteiger partial charge on any atom is 0.317 e. The summed E-state index contributed by atoms with van der Waals surface area (Å²) >= 11 is 0. The predicted octanol–water partition coefficient (Wildman–Crippen LogP) is -0.198. The van der Waals surface area contributed by atoms with E-state index < -0.39 is 17.9 Å². The van der Waals surface area contributed by atoms with E-state index >= 15 is 0 Å². The Kier molecular flexibility index (Phi) is 13.2. The number of carboxylic acids is 3. The Morgan fingerprint density at radius 2 is 1.05 bits per heavy atom. The first-order chi connectivity index (χ1) is 17.7. The number of carboxylic acid groups (broad SMARTS) is 3. The molecule has 1 aromatic rings. The van der Waals surface area contributed by atoms with Gasteiger partial charge >= 0.3 is 17.9 Å². The monoisotopic (exact) mass is 521 g/mol. The second-order valence-corrected chi connectivity index (χ2v) is 9.19.